The van der Waals surface area contributed by atoms with E-state index in [9.17, 15) is 28.2 Å². The topological polar surface area (TPSA) is 146 Å². The van der Waals surface area contributed by atoms with Crippen molar-refractivity contribution < 1.29 is 46.3 Å². The van der Waals surface area contributed by atoms with Gasteiger partial charge in [0.05, 0.1) is 19.0 Å². The summed E-state index contributed by atoms with van der Waals surface area (Å²) in [4.78, 5) is 27.3. The van der Waals surface area contributed by atoms with Crippen LogP contribution in [0.15, 0.2) is 11.1 Å². The van der Waals surface area contributed by atoms with Crippen LogP contribution in [0.1, 0.15) is 74.1 Å². The fourth-order valence-corrected chi connectivity index (χ4v) is 12.1. The molecule has 1 spiro atoms. The van der Waals surface area contributed by atoms with Crippen LogP contribution in [0.5, 0.6) is 0 Å². The van der Waals surface area contributed by atoms with Gasteiger partial charge in [0, 0.05) is 35.2 Å². The second-order valence-electron chi connectivity index (χ2n) is 13.2. The van der Waals surface area contributed by atoms with Gasteiger partial charge in [-0.15, -0.1) is 0 Å². The molecule has 2 N–H and O–H groups in total. The maximum Gasteiger partial charge on any atom is 0.509 e. The molecule has 0 aromatic carbocycles. The predicted octanol–water partition coefficient (Wildman–Crippen LogP) is 3.85. The largest absolute Gasteiger partial charge is 0.509 e. The number of carbonyl (C=O) groups is 2. The third-order valence-electron chi connectivity index (χ3n) is 10.9. The van der Waals surface area contributed by atoms with Gasteiger partial charge in [0.15, 0.2) is 25.8 Å². The van der Waals surface area contributed by atoms with E-state index in [4.69, 9.17) is 18.1 Å². The summed E-state index contributed by atoms with van der Waals surface area (Å²) in [6.07, 6.45) is -2.53. The average Bonchev–Trinajstić information content (AvgIpc) is 3.18. The molecule has 0 aromatic rings. The first-order valence-electron chi connectivity index (χ1n) is 14.4. The zero-order valence-electron chi connectivity index (χ0n) is 25.0. The lowest BCUT2D eigenvalue weighted by atomic mass is 9.46. The Balaban J connectivity index is 2.03. The van der Waals surface area contributed by atoms with Gasteiger partial charge in [0.2, 0.25) is 0 Å². The number of ketones is 1. The number of fused-ring (bicyclic) bond motifs is 3. The van der Waals surface area contributed by atoms with Crippen molar-refractivity contribution in [2.24, 2.45) is 16.7 Å². The van der Waals surface area contributed by atoms with Gasteiger partial charge >= 0.3 is 6.16 Å². The van der Waals surface area contributed by atoms with E-state index in [-0.39, 0.29) is 18.6 Å². The number of aliphatic hydroxyl groups excluding tert-OH is 1. The first-order chi connectivity index (χ1) is 18.4. The molecule has 2 bridgehead atoms. The number of aliphatic hydroxyl groups is 2. The van der Waals surface area contributed by atoms with Gasteiger partial charge in [-0.05, 0) is 37.9 Å². The Bertz CT molecular complexity index is 1190. The minimum Gasteiger partial charge on any atom is -0.426 e. The molecule has 10 nitrogen and oxygen atoms in total. The zero-order valence-corrected chi connectivity index (χ0v) is 26.9. The number of allylic oxidation sites excluding steroid dienone is 1. The van der Waals surface area contributed by atoms with Crippen LogP contribution in [-0.4, -0.2) is 81.3 Å². The Labute approximate surface area is 239 Å². The number of hydrogen-bond donors (Lipinski definition) is 2. The average molecular weight is 603 g/mol. The Morgan fingerprint density at radius 3 is 2.20 bits per heavy atom. The molecule has 0 aromatic heterocycles. The van der Waals surface area contributed by atoms with Crippen LogP contribution in [0.2, 0.25) is 18.1 Å². The highest BCUT2D eigenvalue weighted by atomic mass is 32.2. The van der Waals surface area contributed by atoms with Gasteiger partial charge < -0.3 is 24.1 Å². The molecule has 1 heterocycles. The van der Waals surface area contributed by atoms with Crippen LogP contribution in [0.4, 0.5) is 4.79 Å². The van der Waals surface area contributed by atoms with E-state index in [2.05, 4.69) is 20.8 Å². The van der Waals surface area contributed by atoms with Crippen LogP contribution in [0.25, 0.3) is 0 Å². The fraction of sp³-hybridized carbons (Fsp3) is 0.857. The second kappa shape index (κ2) is 10.2. The number of ether oxygens (including phenoxy) is 2. The maximum atomic E-state index is 14.3. The third kappa shape index (κ3) is 4.52. The van der Waals surface area contributed by atoms with Crippen LogP contribution in [0, 0.1) is 16.7 Å². The van der Waals surface area contributed by atoms with Crippen molar-refractivity contribution in [1.82, 2.24) is 0 Å². The molecule has 228 valence electrons. The minimum absolute atomic E-state index is 0.0436. The van der Waals surface area contributed by atoms with E-state index in [1.807, 2.05) is 27.7 Å². The molecule has 0 unspecified atom stereocenters. The molecule has 4 rings (SSSR count). The van der Waals surface area contributed by atoms with E-state index in [0.717, 1.165) is 30.0 Å². The number of rotatable bonds is 8. The smallest absolute Gasteiger partial charge is 0.426 e. The van der Waals surface area contributed by atoms with E-state index < -0.39 is 77.5 Å². The van der Waals surface area contributed by atoms with Gasteiger partial charge in [0.25, 0.3) is 10.1 Å². The van der Waals surface area contributed by atoms with Gasteiger partial charge in [-0.3, -0.25) is 8.98 Å². The molecular weight excluding hydrogens is 556 g/mol. The summed E-state index contributed by atoms with van der Waals surface area (Å²) < 4.78 is 49.4. The van der Waals surface area contributed by atoms with E-state index in [0.29, 0.717) is 18.4 Å². The lowest BCUT2D eigenvalue weighted by molar-refractivity contribution is -0.257. The highest BCUT2D eigenvalue weighted by Crippen LogP contribution is 2.65. The van der Waals surface area contributed by atoms with E-state index in [1.165, 1.54) is 0 Å². The molecule has 2 saturated carbocycles. The molecule has 0 amide bonds. The Morgan fingerprint density at radius 1 is 1.07 bits per heavy atom. The molecule has 1 saturated heterocycles. The Hall–Kier alpha value is -1.31. The van der Waals surface area contributed by atoms with Gasteiger partial charge in [-0.25, -0.2) is 4.79 Å². The second-order valence-corrected chi connectivity index (χ2v) is 19.5. The molecule has 40 heavy (non-hydrogen) atoms. The van der Waals surface area contributed by atoms with E-state index in [1.54, 1.807) is 0 Å². The number of hydrogen-bond acceptors (Lipinski definition) is 10. The summed E-state index contributed by atoms with van der Waals surface area (Å²) in [7, 11) is -6.44. The lowest BCUT2D eigenvalue weighted by Gasteiger charge is -2.63. The van der Waals surface area contributed by atoms with Crippen molar-refractivity contribution in [3.05, 3.63) is 11.1 Å². The van der Waals surface area contributed by atoms with Crippen LogP contribution >= 0.6 is 0 Å². The Morgan fingerprint density at radius 2 is 1.68 bits per heavy atom. The molecule has 12 heteroatoms. The number of Topliss-reactive ketones (excluding diaryl/α,β-unsaturated/α-hetero) is 1. The normalized spacial score (nSPS) is 39.5. The predicted molar refractivity (Wildman–Crippen MR) is 149 cm³/mol. The summed E-state index contributed by atoms with van der Waals surface area (Å²) >= 11 is 0. The fourth-order valence-electron chi connectivity index (χ4n) is 8.51. The summed E-state index contributed by atoms with van der Waals surface area (Å²) in [6.45, 7) is 12.8. The molecule has 3 aliphatic carbocycles. The quantitative estimate of drug-likeness (QED) is 0.239. The van der Waals surface area contributed by atoms with Crippen LogP contribution < -0.4 is 0 Å². The van der Waals surface area contributed by atoms with Gasteiger partial charge in [-0.2, -0.15) is 8.42 Å². The summed E-state index contributed by atoms with van der Waals surface area (Å²) in [6, 6.07) is 2.40. The van der Waals surface area contributed by atoms with Gasteiger partial charge in [-0.1, -0.05) is 47.1 Å². The van der Waals surface area contributed by atoms with Crippen molar-refractivity contribution in [2.75, 3.05) is 12.9 Å². The van der Waals surface area contributed by atoms with E-state index >= 15 is 0 Å². The minimum atomic E-state index is -4.08. The maximum absolute atomic E-state index is 14.3. The molecule has 0 radical (unpaired) electrons. The van der Waals surface area contributed by atoms with Crippen molar-refractivity contribution in [3.8, 4) is 0 Å². The highest BCUT2D eigenvalue weighted by Gasteiger charge is 2.75. The monoisotopic (exact) mass is 602 g/mol. The summed E-state index contributed by atoms with van der Waals surface area (Å²) in [5.41, 5.74) is -4.15. The Kier molecular flexibility index (Phi) is 8.02. The third-order valence-corrected chi connectivity index (χ3v) is 16.1. The molecule has 7 atom stereocenters. The summed E-state index contributed by atoms with van der Waals surface area (Å²) in [5.74, 6) is -1.27. The lowest BCUT2D eigenvalue weighted by Crippen LogP contribution is -2.74. The summed E-state index contributed by atoms with van der Waals surface area (Å²) in [5, 5.41) is 23.2. The highest BCUT2D eigenvalue weighted by molar-refractivity contribution is 7.86. The van der Waals surface area contributed by atoms with Gasteiger partial charge in [0.1, 0.15) is 11.7 Å². The zero-order chi connectivity index (χ0) is 30.1. The van der Waals surface area contributed by atoms with Crippen LogP contribution in [-0.2, 0) is 33.0 Å². The number of carbonyl (C=O) groups excluding carboxylic acids is 2. The first-order valence-corrected chi connectivity index (χ1v) is 18.8. The molecule has 1 aliphatic heterocycles. The molecular formula is C28H46O10SSi. The van der Waals surface area contributed by atoms with Crippen molar-refractivity contribution in [1.29, 1.82) is 0 Å². The van der Waals surface area contributed by atoms with Crippen molar-refractivity contribution in [3.63, 3.8) is 0 Å². The van der Waals surface area contributed by atoms with Crippen molar-refractivity contribution in [2.45, 2.75) is 122 Å². The first kappa shape index (κ1) is 31.6. The molecule has 3 fully saturated rings. The standard InChI is InChI=1S/C28H46O10SSi/c1-9-40(10-2,11-3)38-19-14-20(37-39(8,33)34)27(32,16-29)22-23-28(36-24(31)35-23)13-12-17(4)21(25(28,5)6)18(30)15-26(19,22)7/h19-20,22-23,29,32H,9-16H2,1-8H3/t19-,20-,22-,23-,26+,27-,28+/m0/s1. The van der Waals surface area contributed by atoms with Crippen molar-refractivity contribution >= 4 is 30.4 Å². The van der Waals surface area contributed by atoms with Crippen LogP contribution in [0.3, 0.4) is 0 Å². The molecule has 4 aliphatic rings. The SMILES string of the molecule is CC[Si](CC)(CC)O[C@H]1C[C@H](OS(C)(=O)=O)[C@@](O)(CO)[C@H]2[C@@H]3OC(=O)O[C@]34CCC(C)=C(C(=O)C[C@]12C)C4(C)C.